The van der Waals surface area contributed by atoms with Crippen LogP contribution in [-0.4, -0.2) is 73.7 Å². The number of rotatable bonds is 8. The standard InChI is InChI=1S/C31H35FN8O5S/c1-31(2,3)45-30(43)36-19-9-12-39(13-10-19)27(41)17-40-16-23(37-38-40)26-15-22-28(46-26)25(8-11-33-22)44-24-7-6-20(14-21(24)32)35-29(42)34-18-4-5-18/h6-8,11,14-16,18-19H,4-5,9-10,12-13,17H2,1-3H3,(H,36,43)(H2,34,35,42). The Hall–Kier alpha value is -4.79. The van der Waals surface area contributed by atoms with Crippen LogP contribution in [0.4, 0.5) is 19.7 Å². The number of nitrogens with one attached hydrogen (secondary N) is 3. The molecular weight excluding hydrogens is 615 g/mol. The number of likely N-dealkylation sites (tertiary alicyclic amines) is 1. The first-order chi connectivity index (χ1) is 22.0. The van der Waals surface area contributed by atoms with Crippen molar-refractivity contribution in [2.24, 2.45) is 0 Å². The smallest absolute Gasteiger partial charge is 0.407 e. The fourth-order valence-corrected chi connectivity index (χ4v) is 5.97. The molecule has 1 aromatic carbocycles. The van der Waals surface area contributed by atoms with Crippen LogP contribution in [0.25, 0.3) is 20.8 Å². The molecule has 0 radical (unpaired) electrons. The highest BCUT2D eigenvalue weighted by atomic mass is 32.1. The minimum atomic E-state index is -0.623. The second-order valence-electron chi connectivity index (χ2n) is 12.4. The van der Waals surface area contributed by atoms with E-state index in [1.807, 2.05) is 26.8 Å². The predicted octanol–water partition coefficient (Wildman–Crippen LogP) is 5.29. The summed E-state index contributed by atoms with van der Waals surface area (Å²) in [5, 5.41) is 16.7. The predicted molar refractivity (Wildman–Crippen MR) is 169 cm³/mol. The van der Waals surface area contributed by atoms with Crippen LogP contribution in [0, 0.1) is 5.82 Å². The van der Waals surface area contributed by atoms with Gasteiger partial charge in [-0.05, 0) is 64.7 Å². The Kier molecular flexibility index (Phi) is 8.75. The van der Waals surface area contributed by atoms with Crippen molar-refractivity contribution in [3.8, 4) is 22.1 Å². The number of urea groups is 1. The van der Waals surface area contributed by atoms with Crippen LogP contribution in [0.15, 0.2) is 42.7 Å². The summed E-state index contributed by atoms with van der Waals surface area (Å²) in [4.78, 5) is 44.0. The van der Waals surface area contributed by atoms with Crippen LogP contribution in [0.3, 0.4) is 0 Å². The molecule has 1 saturated heterocycles. The van der Waals surface area contributed by atoms with E-state index in [1.165, 1.54) is 28.2 Å². The van der Waals surface area contributed by atoms with Crippen molar-refractivity contribution >= 4 is 45.3 Å². The van der Waals surface area contributed by atoms with Gasteiger partial charge < -0.3 is 30.3 Å². The third-order valence-corrected chi connectivity index (χ3v) is 8.52. The molecule has 2 fully saturated rings. The number of carbonyl (C=O) groups excluding carboxylic acids is 3. The Balaban J connectivity index is 1.06. The van der Waals surface area contributed by atoms with Crippen molar-refractivity contribution < 1.29 is 28.2 Å². The van der Waals surface area contributed by atoms with Gasteiger partial charge in [0.05, 0.1) is 21.3 Å². The molecule has 6 rings (SSSR count). The van der Waals surface area contributed by atoms with Gasteiger partial charge in [0, 0.05) is 49.2 Å². The van der Waals surface area contributed by atoms with E-state index in [4.69, 9.17) is 9.47 Å². The molecule has 0 bridgehead atoms. The first kappa shape index (κ1) is 31.2. The molecule has 4 aromatic rings. The minimum absolute atomic E-state index is 0.00436. The number of hydrogen-bond acceptors (Lipinski definition) is 9. The zero-order valence-corrected chi connectivity index (χ0v) is 26.5. The van der Waals surface area contributed by atoms with E-state index in [0.717, 1.165) is 17.7 Å². The van der Waals surface area contributed by atoms with Crippen LogP contribution < -0.4 is 20.7 Å². The number of amides is 4. The zero-order chi connectivity index (χ0) is 32.4. The molecule has 4 amide bonds. The molecule has 3 aromatic heterocycles. The molecule has 0 unspecified atom stereocenters. The Morgan fingerprint density at radius 2 is 1.78 bits per heavy atom. The van der Waals surface area contributed by atoms with E-state index in [-0.39, 0.29) is 36.3 Å². The fourth-order valence-electron chi connectivity index (χ4n) is 4.96. The van der Waals surface area contributed by atoms with E-state index in [0.29, 0.717) is 53.3 Å². The summed E-state index contributed by atoms with van der Waals surface area (Å²) in [6, 6.07) is 7.51. The lowest BCUT2D eigenvalue weighted by Gasteiger charge is -2.32. The van der Waals surface area contributed by atoms with Crippen molar-refractivity contribution in [2.45, 2.75) is 70.7 Å². The zero-order valence-electron chi connectivity index (χ0n) is 25.7. The molecule has 0 spiro atoms. The topological polar surface area (TPSA) is 153 Å². The van der Waals surface area contributed by atoms with Gasteiger partial charge in [-0.2, -0.15) is 0 Å². The molecule has 46 heavy (non-hydrogen) atoms. The number of piperidine rings is 1. The number of anilines is 1. The number of alkyl carbamates (subject to hydrolysis) is 1. The maximum atomic E-state index is 14.9. The average molecular weight is 651 g/mol. The van der Waals surface area contributed by atoms with Gasteiger partial charge in [-0.3, -0.25) is 9.78 Å². The normalized spacial score (nSPS) is 15.4. The third kappa shape index (κ3) is 7.88. The number of halogens is 1. The maximum Gasteiger partial charge on any atom is 0.407 e. The summed E-state index contributed by atoms with van der Waals surface area (Å²) in [7, 11) is 0. The molecule has 4 heterocycles. The Labute approximate surface area is 268 Å². The second-order valence-corrected chi connectivity index (χ2v) is 13.4. The number of nitrogens with zero attached hydrogens (tertiary/aromatic N) is 5. The van der Waals surface area contributed by atoms with Crippen LogP contribution in [-0.2, 0) is 16.1 Å². The highest BCUT2D eigenvalue weighted by molar-refractivity contribution is 7.22. The monoisotopic (exact) mass is 650 g/mol. The summed E-state index contributed by atoms with van der Waals surface area (Å²) in [5.41, 5.74) is 0.956. The highest BCUT2D eigenvalue weighted by Crippen LogP contribution is 2.39. The molecule has 1 saturated carbocycles. The van der Waals surface area contributed by atoms with Crippen LogP contribution >= 0.6 is 11.3 Å². The summed E-state index contributed by atoms with van der Waals surface area (Å²) in [5.74, 6) is -0.293. The lowest BCUT2D eigenvalue weighted by atomic mass is 10.1. The van der Waals surface area contributed by atoms with Crippen LogP contribution in [0.2, 0.25) is 0 Å². The lowest BCUT2D eigenvalue weighted by Crippen LogP contribution is -2.48. The van der Waals surface area contributed by atoms with Gasteiger partial charge in [0.15, 0.2) is 11.6 Å². The minimum Gasteiger partial charge on any atom is -0.453 e. The largest absolute Gasteiger partial charge is 0.453 e. The molecule has 242 valence electrons. The summed E-state index contributed by atoms with van der Waals surface area (Å²) in [6.45, 7) is 6.50. The van der Waals surface area contributed by atoms with Gasteiger partial charge in [-0.1, -0.05) is 5.21 Å². The first-order valence-electron chi connectivity index (χ1n) is 15.1. The van der Waals surface area contributed by atoms with Crippen molar-refractivity contribution in [1.82, 2.24) is 35.5 Å². The highest BCUT2D eigenvalue weighted by Gasteiger charge is 2.27. The number of aromatic nitrogens is 4. The van der Waals surface area contributed by atoms with Gasteiger partial charge in [-0.15, -0.1) is 16.4 Å². The van der Waals surface area contributed by atoms with E-state index < -0.39 is 17.5 Å². The van der Waals surface area contributed by atoms with Gasteiger partial charge >= 0.3 is 12.1 Å². The van der Waals surface area contributed by atoms with Gasteiger partial charge in [-0.25, -0.2) is 18.7 Å². The van der Waals surface area contributed by atoms with Crippen molar-refractivity contribution in [3.05, 3.63) is 48.5 Å². The number of thiophene rings is 1. The van der Waals surface area contributed by atoms with E-state index in [2.05, 4.69) is 31.2 Å². The number of hydrogen-bond donors (Lipinski definition) is 3. The molecule has 15 heteroatoms. The molecule has 1 aliphatic carbocycles. The fraction of sp³-hybridized carbons (Fsp3) is 0.419. The van der Waals surface area contributed by atoms with Gasteiger partial charge in [0.2, 0.25) is 5.91 Å². The Morgan fingerprint density at radius 1 is 1.02 bits per heavy atom. The Morgan fingerprint density at radius 3 is 2.50 bits per heavy atom. The van der Waals surface area contributed by atoms with Crippen LogP contribution in [0.5, 0.6) is 11.5 Å². The van der Waals surface area contributed by atoms with Crippen molar-refractivity contribution in [3.63, 3.8) is 0 Å². The SMILES string of the molecule is CC(C)(C)OC(=O)NC1CCN(C(=O)Cn2cc(-c3cc4nccc(Oc5ccc(NC(=O)NC6CC6)cc5F)c4s3)nn2)CC1. The molecule has 1 aliphatic heterocycles. The summed E-state index contributed by atoms with van der Waals surface area (Å²) < 4.78 is 28.4. The molecular formula is C31H35FN8O5S. The van der Waals surface area contributed by atoms with Gasteiger partial charge in [0.25, 0.3) is 0 Å². The average Bonchev–Trinajstić information content (AvgIpc) is 3.48. The Bertz CT molecular complexity index is 1760. The lowest BCUT2D eigenvalue weighted by molar-refractivity contribution is -0.133. The number of ether oxygens (including phenoxy) is 2. The number of fused-ring (bicyclic) bond motifs is 1. The maximum absolute atomic E-state index is 14.9. The van der Waals surface area contributed by atoms with E-state index in [9.17, 15) is 18.8 Å². The number of benzene rings is 1. The molecule has 3 N–H and O–H groups in total. The molecule has 2 aliphatic rings. The second kappa shape index (κ2) is 12.9. The summed E-state index contributed by atoms with van der Waals surface area (Å²) in [6.07, 6.45) is 6.00. The third-order valence-electron chi connectivity index (χ3n) is 7.35. The van der Waals surface area contributed by atoms with Crippen molar-refractivity contribution in [1.29, 1.82) is 0 Å². The van der Waals surface area contributed by atoms with Crippen LogP contribution in [0.1, 0.15) is 46.5 Å². The van der Waals surface area contributed by atoms with Crippen molar-refractivity contribution in [2.75, 3.05) is 18.4 Å². The quantitative estimate of drug-likeness (QED) is 0.233. The van der Waals surface area contributed by atoms with E-state index >= 15 is 0 Å². The molecule has 0 atom stereocenters. The first-order valence-corrected chi connectivity index (χ1v) is 15.9. The van der Waals surface area contributed by atoms with Gasteiger partial charge in [0.1, 0.15) is 23.6 Å². The number of carbonyl (C=O) groups is 3. The number of pyridine rings is 1. The molecule has 13 nitrogen and oxygen atoms in total. The summed E-state index contributed by atoms with van der Waals surface area (Å²) >= 11 is 1.36. The van der Waals surface area contributed by atoms with E-state index in [1.54, 1.807) is 29.4 Å².